The molecule has 0 spiro atoms. The third-order valence-corrected chi connectivity index (χ3v) is 7.39. The third-order valence-electron chi connectivity index (χ3n) is 7.39. The number of nitrogens with one attached hydrogen (secondary N) is 1. The van der Waals surface area contributed by atoms with E-state index >= 15 is 0 Å². The standard InChI is InChI=1S/C26H27F3N2O4/c27-26(28,29)21-8-4-7-20-22(21)30-23(32)25(20,17-5-2-1-3-6-17)18-9-11-19(12-10-18)35-24(33)31-13-15-34-16-14-31/h4,7-12,17H,1-3,5-6,13-16H2,(H,30,32). The van der Waals surface area contributed by atoms with Crippen molar-refractivity contribution in [3.8, 4) is 5.75 Å². The molecule has 1 saturated heterocycles. The van der Waals surface area contributed by atoms with E-state index in [1.165, 1.54) is 6.07 Å². The van der Waals surface area contributed by atoms with Crippen molar-refractivity contribution in [3.05, 3.63) is 59.2 Å². The number of morpholine rings is 1. The van der Waals surface area contributed by atoms with Gasteiger partial charge in [0.05, 0.1) is 24.5 Å². The monoisotopic (exact) mass is 488 g/mol. The van der Waals surface area contributed by atoms with Gasteiger partial charge in [-0.3, -0.25) is 4.79 Å². The molecule has 1 N–H and O–H groups in total. The summed E-state index contributed by atoms with van der Waals surface area (Å²) in [5, 5.41) is 2.59. The Hall–Kier alpha value is -3.07. The average Bonchev–Trinajstić information content (AvgIpc) is 3.17. The molecule has 1 atom stereocenters. The first-order chi connectivity index (χ1) is 16.8. The molecule has 1 aliphatic carbocycles. The quantitative estimate of drug-likeness (QED) is 0.632. The summed E-state index contributed by atoms with van der Waals surface area (Å²) in [7, 11) is 0. The molecule has 35 heavy (non-hydrogen) atoms. The van der Waals surface area contributed by atoms with E-state index in [0.29, 0.717) is 43.2 Å². The molecule has 2 aromatic rings. The maximum atomic E-state index is 13.8. The van der Waals surface area contributed by atoms with Crippen molar-refractivity contribution in [3.63, 3.8) is 0 Å². The van der Waals surface area contributed by atoms with E-state index in [1.807, 2.05) is 0 Å². The summed E-state index contributed by atoms with van der Waals surface area (Å²) in [6, 6.07) is 10.6. The maximum absolute atomic E-state index is 13.8. The highest BCUT2D eigenvalue weighted by Gasteiger charge is 2.55. The number of benzene rings is 2. The maximum Gasteiger partial charge on any atom is 0.418 e. The summed E-state index contributed by atoms with van der Waals surface area (Å²) < 4.78 is 52.1. The average molecular weight is 489 g/mol. The molecule has 3 aliphatic rings. The van der Waals surface area contributed by atoms with Gasteiger partial charge in [-0.15, -0.1) is 0 Å². The van der Waals surface area contributed by atoms with Crippen LogP contribution in [0.25, 0.3) is 0 Å². The molecule has 0 aromatic heterocycles. The molecule has 2 aromatic carbocycles. The van der Waals surface area contributed by atoms with Crippen LogP contribution in [0.5, 0.6) is 5.75 Å². The lowest BCUT2D eigenvalue weighted by Crippen LogP contribution is -2.44. The number of nitrogens with zero attached hydrogens (tertiary/aromatic N) is 1. The Morgan fingerprint density at radius 1 is 1.03 bits per heavy atom. The lowest BCUT2D eigenvalue weighted by molar-refractivity contribution is -0.136. The van der Waals surface area contributed by atoms with Gasteiger partial charge in [0.2, 0.25) is 5.91 Å². The van der Waals surface area contributed by atoms with Crippen molar-refractivity contribution in [2.75, 3.05) is 31.6 Å². The van der Waals surface area contributed by atoms with E-state index in [-0.39, 0.29) is 11.6 Å². The van der Waals surface area contributed by atoms with Crippen LogP contribution in [-0.4, -0.2) is 43.2 Å². The molecule has 2 fully saturated rings. The summed E-state index contributed by atoms with van der Waals surface area (Å²) in [4.78, 5) is 27.6. The number of halogens is 3. The van der Waals surface area contributed by atoms with Gasteiger partial charge in [-0.2, -0.15) is 13.2 Å². The summed E-state index contributed by atoms with van der Waals surface area (Å²) in [6.45, 7) is 1.79. The molecule has 1 unspecified atom stereocenters. The predicted molar refractivity (Wildman–Crippen MR) is 122 cm³/mol. The Morgan fingerprint density at radius 3 is 2.37 bits per heavy atom. The van der Waals surface area contributed by atoms with Crippen LogP contribution in [0.4, 0.5) is 23.7 Å². The number of amides is 2. The molecule has 5 rings (SSSR count). The van der Waals surface area contributed by atoms with Gasteiger partial charge in [0.25, 0.3) is 0 Å². The van der Waals surface area contributed by atoms with E-state index in [4.69, 9.17) is 9.47 Å². The van der Waals surface area contributed by atoms with Crippen molar-refractivity contribution >= 4 is 17.7 Å². The predicted octanol–water partition coefficient (Wildman–Crippen LogP) is 5.35. The molecular formula is C26H27F3N2O4. The molecule has 2 amide bonds. The summed E-state index contributed by atoms with van der Waals surface area (Å²) >= 11 is 0. The Balaban J connectivity index is 1.53. The van der Waals surface area contributed by atoms with E-state index in [0.717, 1.165) is 38.2 Å². The van der Waals surface area contributed by atoms with Gasteiger partial charge >= 0.3 is 12.3 Å². The van der Waals surface area contributed by atoms with Crippen molar-refractivity contribution in [1.29, 1.82) is 0 Å². The van der Waals surface area contributed by atoms with Gasteiger partial charge in [0.15, 0.2) is 0 Å². The minimum atomic E-state index is -4.58. The zero-order chi connectivity index (χ0) is 24.6. The van der Waals surface area contributed by atoms with Gasteiger partial charge in [0.1, 0.15) is 11.2 Å². The normalized spacial score (nSPS) is 23.1. The number of carbonyl (C=O) groups excluding carboxylic acids is 2. The van der Waals surface area contributed by atoms with Crippen LogP contribution in [0.1, 0.15) is 48.8 Å². The lowest BCUT2D eigenvalue weighted by atomic mass is 9.62. The molecule has 0 radical (unpaired) electrons. The fourth-order valence-electron chi connectivity index (χ4n) is 5.75. The van der Waals surface area contributed by atoms with E-state index in [2.05, 4.69) is 5.32 Å². The smallest absolute Gasteiger partial charge is 0.410 e. The minimum absolute atomic E-state index is 0.136. The first-order valence-electron chi connectivity index (χ1n) is 12.0. The summed E-state index contributed by atoms with van der Waals surface area (Å²) in [5.41, 5.74) is -1.26. The second kappa shape index (κ2) is 9.18. The molecule has 1 saturated carbocycles. The number of para-hydroxylation sites is 1. The highest BCUT2D eigenvalue weighted by Crippen LogP contribution is 2.54. The molecule has 0 bridgehead atoms. The van der Waals surface area contributed by atoms with Crippen molar-refractivity contribution in [2.45, 2.75) is 43.7 Å². The fourth-order valence-corrected chi connectivity index (χ4v) is 5.75. The highest BCUT2D eigenvalue weighted by atomic mass is 19.4. The van der Waals surface area contributed by atoms with Crippen molar-refractivity contribution in [2.24, 2.45) is 5.92 Å². The molecule has 9 heteroatoms. The van der Waals surface area contributed by atoms with Gasteiger partial charge in [0, 0.05) is 13.1 Å². The number of carbonyl (C=O) groups is 2. The fraction of sp³-hybridized carbons (Fsp3) is 0.462. The van der Waals surface area contributed by atoms with Crippen LogP contribution < -0.4 is 10.1 Å². The number of ether oxygens (including phenoxy) is 2. The lowest BCUT2D eigenvalue weighted by Gasteiger charge is -2.39. The van der Waals surface area contributed by atoms with Crippen LogP contribution in [0.3, 0.4) is 0 Å². The number of fused-ring (bicyclic) bond motifs is 1. The molecule has 2 aliphatic heterocycles. The Labute approximate surface area is 201 Å². The van der Waals surface area contributed by atoms with Gasteiger partial charge in [-0.1, -0.05) is 43.5 Å². The molecular weight excluding hydrogens is 461 g/mol. The third kappa shape index (κ3) is 4.16. The zero-order valence-corrected chi connectivity index (χ0v) is 19.2. The van der Waals surface area contributed by atoms with Crippen LogP contribution in [0.15, 0.2) is 42.5 Å². The first kappa shape index (κ1) is 23.7. The van der Waals surface area contributed by atoms with E-state index in [1.54, 1.807) is 35.2 Å². The number of hydrogen-bond acceptors (Lipinski definition) is 4. The Morgan fingerprint density at radius 2 is 1.71 bits per heavy atom. The Bertz CT molecular complexity index is 1110. The molecule has 6 nitrogen and oxygen atoms in total. The molecule has 186 valence electrons. The van der Waals surface area contributed by atoms with Crippen LogP contribution >= 0.6 is 0 Å². The van der Waals surface area contributed by atoms with Crippen LogP contribution in [0, 0.1) is 5.92 Å². The summed E-state index contributed by atoms with van der Waals surface area (Å²) in [5.74, 6) is -0.261. The van der Waals surface area contributed by atoms with Gasteiger partial charge in [-0.05, 0) is 48.1 Å². The van der Waals surface area contributed by atoms with Crippen LogP contribution in [-0.2, 0) is 21.1 Å². The topological polar surface area (TPSA) is 67.9 Å². The van der Waals surface area contributed by atoms with Crippen molar-refractivity contribution in [1.82, 2.24) is 4.90 Å². The number of rotatable bonds is 3. The largest absolute Gasteiger partial charge is 0.418 e. The number of alkyl halides is 3. The van der Waals surface area contributed by atoms with Gasteiger partial charge in [-0.25, -0.2) is 4.79 Å². The van der Waals surface area contributed by atoms with E-state index < -0.39 is 29.2 Å². The molecule has 2 heterocycles. The SMILES string of the molecule is O=C(Oc1ccc(C2(C3CCCCC3)C(=O)Nc3c(C(F)(F)F)cccc32)cc1)N1CCOCC1. The second-order valence-electron chi connectivity index (χ2n) is 9.31. The van der Waals surface area contributed by atoms with Crippen molar-refractivity contribution < 1.29 is 32.2 Å². The zero-order valence-electron chi connectivity index (χ0n) is 19.2. The number of hydrogen-bond donors (Lipinski definition) is 1. The Kier molecular flexibility index (Phi) is 6.21. The summed E-state index contributed by atoms with van der Waals surface area (Å²) in [6.07, 6.45) is -0.694. The van der Waals surface area contributed by atoms with E-state index in [9.17, 15) is 22.8 Å². The number of anilines is 1. The van der Waals surface area contributed by atoms with Gasteiger partial charge < -0.3 is 19.7 Å². The first-order valence-corrected chi connectivity index (χ1v) is 12.0. The van der Waals surface area contributed by atoms with Crippen LogP contribution in [0.2, 0.25) is 0 Å². The highest BCUT2D eigenvalue weighted by molar-refractivity contribution is 6.09. The minimum Gasteiger partial charge on any atom is -0.410 e. The second-order valence-corrected chi connectivity index (χ2v) is 9.31.